The van der Waals surface area contributed by atoms with Crippen LogP contribution in [-0.2, 0) is 4.79 Å². The summed E-state index contributed by atoms with van der Waals surface area (Å²) in [5.74, 6) is -0.0279. The van der Waals surface area contributed by atoms with Crippen molar-refractivity contribution in [1.29, 1.82) is 0 Å². The summed E-state index contributed by atoms with van der Waals surface area (Å²) < 4.78 is 0. The zero-order chi connectivity index (χ0) is 8.97. The second-order valence-electron chi connectivity index (χ2n) is 3.32. The Morgan fingerprint density at radius 3 is 3.00 bits per heavy atom. The molecule has 0 aromatic rings. The van der Waals surface area contributed by atoms with Crippen molar-refractivity contribution in [2.75, 3.05) is 19.7 Å². The van der Waals surface area contributed by atoms with E-state index < -0.39 is 0 Å². The molecule has 0 aliphatic carbocycles. The molecule has 1 atom stereocenters. The molecule has 69 valence electrons. The zero-order valence-corrected chi connectivity index (χ0v) is 7.33. The van der Waals surface area contributed by atoms with Gasteiger partial charge in [0.1, 0.15) is 5.78 Å². The predicted octanol–water partition coefficient (Wildman–Crippen LogP) is 0.236. The normalized spacial score (nSPS) is 24.7. The molecule has 12 heavy (non-hydrogen) atoms. The molecule has 3 nitrogen and oxygen atoms in total. The number of hydrogen-bond acceptors (Lipinski definition) is 3. The highest BCUT2D eigenvalue weighted by Crippen LogP contribution is 2.18. The van der Waals surface area contributed by atoms with E-state index >= 15 is 0 Å². The number of nitrogens with zero attached hydrogens (tertiary/aromatic N) is 1. The molecule has 1 saturated heterocycles. The molecule has 0 spiro atoms. The van der Waals surface area contributed by atoms with Crippen molar-refractivity contribution < 1.29 is 9.90 Å². The van der Waals surface area contributed by atoms with E-state index in [0.717, 1.165) is 25.8 Å². The van der Waals surface area contributed by atoms with Crippen molar-refractivity contribution >= 4 is 5.78 Å². The summed E-state index contributed by atoms with van der Waals surface area (Å²) in [5.41, 5.74) is 0. The smallest absolute Gasteiger partial charge is 0.147 e. The van der Waals surface area contributed by atoms with Crippen molar-refractivity contribution in [3.05, 3.63) is 6.92 Å². The lowest BCUT2D eigenvalue weighted by molar-refractivity contribution is -0.116. The van der Waals surface area contributed by atoms with Gasteiger partial charge < -0.3 is 5.11 Å². The van der Waals surface area contributed by atoms with Gasteiger partial charge in [0.05, 0.1) is 6.54 Å². The van der Waals surface area contributed by atoms with Gasteiger partial charge in [-0.15, -0.1) is 0 Å². The molecule has 0 amide bonds. The van der Waals surface area contributed by atoms with Gasteiger partial charge in [-0.05, 0) is 25.8 Å². The SMILES string of the molecule is [CH2]C(=O)CN1CCC[C@@H]1CCO. The Bertz CT molecular complexity index is 159. The molecule has 1 N–H and O–H groups in total. The molecule has 1 aliphatic rings. The van der Waals surface area contributed by atoms with E-state index in [1.165, 1.54) is 0 Å². The van der Waals surface area contributed by atoms with E-state index in [-0.39, 0.29) is 12.4 Å². The zero-order valence-electron chi connectivity index (χ0n) is 7.33. The first kappa shape index (κ1) is 9.68. The third-order valence-electron chi connectivity index (χ3n) is 2.34. The van der Waals surface area contributed by atoms with Gasteiger partial charge in [0.15, 0.2) is 0 Å². The lowest BCUT2D eigenvalue weighted by Crippen LogP contribution is -2.34. The Morgan fingerprint density at radius 2 is 2.42 bits per heavy atom. The Balaban J connectivity index is 2.35. The predicted molar refractivity (Wildman–Crippen MR) is 46.7 cm³/mol. The van der Waals surface area contributed by atoms with E-state index in [1.807, 2.05) is 0 Å². The average Bonchev–Trinajstić information content (AvgIpc) is 2.37. The highest BCUT2D eigenvalue weighted by Gasteiger charge is 2.24. The van der Waals surface area contributed by atoms with Crippen molar-refractivity contribution in [1.82, 2.24) is 4.90 Å². The van der Waals surface area contributed by atoms with E-state index in [0.29, 0.717) is 12.6 Å². The van der Waals surface area contributed by atoms with Gasteiger partial charge in [-0.2, -0.15) is 0 Å². The largest absolute Gasteiger partial charge is 0.396 e. The quantitative estimate of drug-likeness (QED) is 0.657. The van der Waals surface area contributed by atoms with Crippen LogP contribution in [0.4, 0.5) is 0 Å². The van der Waals surface area contributed by atoms with Crippen molar-refractivity contribution in [3.8, 4) is 0 Å². The molecule has 1 fully saturated rings. The van der Waals surface area contributed by atoms with Crippen LogP contribution in [0.2, 0.25) is 0 Å². The monoisotopic (exact) mass is 170 g/mol. The molecular formula is C9H16NO2. The number of carbonyl (C=O) groups excluding carboxylic acids is 1. The van der Waals surface area contributed by atoms with Gasteiger partial charge in [-0.3, -0.25) is 9.69 Å². The number of ketones is 1. The van der Waals surface area contributed by atoms with Crippen LogP contribution in [0, 0.1) is 6.92 Å². The first-order valence-electron chi connectivity index (χ1n) is 4.43. The summed E-state index contributed by atoms with van der Waals surface area (Å²) >= 11 is 0. The fraction of sp³-hybridized carbons (Fsp3) is 0.778. The summed E-state index contributed by atoms with van der Waals surface area (Å²) in [7, 11) is 0. The van der Waals surface area contributed by atoms with Crippen LogP contribution in [0.1, 0.15) is 19.3 Å². The Labute approximate surface area is 73.4 Å². The van der Waals surface area contributed by atoms with E-state index in [4.69, 9.17) is 5.11 Å². The Hall–Kier alpha value is -0.410. The van der Waals surface area contributed by atoms with Crippen LogP contribution < -0.4 is 0 Å². The minimum Gasteiger partial charge on any atom is -0.396 e. The van der Waals surface area contributed by atoms with Gasteiger partial charge in [0, 0.05) is 19.6 Å². The van der Waals surface area contributed by atoms with E-state index in [9.17, 15) is 4.79 Å². The summed E-state index contributed by atoms with van der Waals surface area (Å²) in [6, 6.07) is 0.403. The highest BCUT2D eigenvalue weighted by atomic mass is 16.3. The fourth-order valence-corrected chi connectivity index (χ4v) is 1.81. The first-order chi connectivity index (χ1) is 5.74. The molecule has 3 heteroatoms. The lowest BCUT2D eigenvalue weighted by atomic mass is 10.1. The van der Waals surface area contributed by atoms with Gasteiger partial charge in [0.2, 0.25) is 0 Å². The third-order valence-corrected chi connectivity index (χ3v) is 2.34. The number of carbonyl (C=O) groups is 1. The maximum Gasteiger partial charge on any atom is 0.147 e. The molecule has 1 heterocycles. The number of Topliss-reactive ketones (excluding diaryl/α,β-unsaturated/α-hetero) is 1. The lowest BCUT2D eigenvalue weighted by Gasteiger charge is -2.21. The summed E-state index contributed by atoms with van der Waals surface area (Å²) in [5, 5.41) is 8.75. The number of aliphatic hydroxyl groups is 1. The molecule has 0 bridgehead atoms. The minimum atomic E-state index is -0.0279. The Morgan fingerprint density at radius 1 is 1.67 bits per heavy atom. The maximum absolute atomic E-state index is 10.7. The molecule has 1 rings (SSSR count). The van der Waals surface area contributed by atoms with Crippen LogP contribution in [0.5, 0.6) is 0 Å². The van der Waals surface area contributed by atoms with E-state index in [1.54, 1.807) is 0 Å². The molecular weight excluding hydrogens is 154 g/mol. The number of aliphatic hydroxyl groups excluding tert-OH is 1. The maximum atomic E-state index is 10.7. The van der Waals surface area contributed by atoms with Gasteiger partial charge in [0.25, 0.3) is 0 Å². The number of rotatable bonds is 4. The topological polar surface area (TPSA) is 40.5 Å². The summed E-state index contributed by atoms with van der Waals surface area (Å²) in [6.45, 7) is 5.00. The van der Waals surface area contributed by atoms with Gasteiger partial charge in [-0.25, -0.2) is 0 Å². The molecule has 1 radical (unpaired) electrons. The third kappa shape index (κ3) is 2.57. The van der Waals surface area contributed by atoms with Crippen molar-refractivity contribution in [3.63, 3.8) is 0 Å². The van der Waals surface area contributed by atoms with E-state index in [2.05, 4.69) is 11.8 Å². The van der Waals surface area contributed by atoms with Crippen LogP contribution in [-0.4, -0.2) is 41.5 Å². The molecule has 0 saturated carbocycles. The average molecular weight is 170 g/mol. The van der Waals surface area contributed by atoms with Crippen LogP contribution in [0.25, 0.3) is 0 Å². The molecule has 0 aromatic carbocycles. The Kier molecular flexibility index (Phi) is 3.69. The molecule has 1 aliphatic heterocycles. The van der Waals surface area contributed by atoms with Crippen LogP contribution in [0.3, 0.4) is 0 Å². The van der Waals surface area contributed by atoms with Crippen LogP contribution in [0.15, 0.2) is 0 Å². The van der Waals surface area contributed by atoms with Crippen LogP contribution >= 0.6 is 0 Å². The second-order valence-corrected chi connectivity index (χ2v) is 3.32. The minimum absolute atomic E-state index is 0.0279. The van der Waals surface area contributed by atoms with Crippen molar-refractivity contribution in [2.45, 2.75) is 25.3 Å². The standard InChI is InChI=1S/C9H16NO2/c1-8(12)7-10-5-2-3-9(10)4-6-11/h9,11H,1-7H2/t9-/m1/s1. The molecule has 0 unspecified atom stereocenters. The second kappa shape index (κ2) is 4.58. The number of likely N-dealkylation sites (tertiary alicyclic amines) is 1. The summed E-state index contributed by atoms with van der Waals surface area (Å²) in [4.78, 5) is 12.9. The summed E-state index contributed by atoms with van der Waals surface area (Å²) in [6.07, 6.45) is 3.03. The first-order valence-corrected chi connectivity index (χ1v) is 4.43. The van der Waals surface area contributed by atoms with Crippen molar-refractivity contribution in [2.24, 2.45) is 0 Å². The van der Waals surface area contributed by atoms with Gasteiger partial charge in [-0.1, -0.05) is 0 Å². The molecule has 0 aromatic heterocycles. The fourth-order valence-electron chi connectivity index (χ4n) is 1.81. The van der Waals surface area contributed by atoms with Gasteiger partial charge >= 0.3 is 0 Å². The highest BCUT2D eigenvalue weighted by molar-refractivity contribution is 5.84. The number of hydrogen-bond donors (Lipinski definition) is 1.